The maximum absolute atomic E-state index is 5.51. The van der Waals surface area contributed by atoms with E-state index < -0.39 is 0 Å². The molecule has 0 aliphatic carbocycles. The minimum Gasteiger partial charge on any atom is -0.493 e. The predicted octanol–water partition coefficient (Wildman–Crippen LogP) is 4.46. The summed E-state index contributed by atoms with van der Waals surface area (Å²) in [7, 11) is 3.33. The summed E-state index contributed by atoms with van der Waals surface area (Å²) in [5.41, 5.74) is 3.48. The Morgan fingerprint density at radius 1 is 1.00 bits per heavy atom. The molecule has 1 aromatic heterocycles. The number of benzene rings is 1. The van der Waals surface area contributed by atoms with E-state index in [1.165, 1.54) is 11.1 Å². The van der Waals surface area contributed by atoms with Gasteiger partial charge in [0, 0.05) is 30.8 Å². The summed E-state index contributed by atoms with van der Waals surface area (Å²) in [6, 6.07) is 4.41. The standard InChI is InChI=1S/C21H32N4O2/c1-8-22-20-16(12-23-21(25-20)24-14(4)5)9-15-10-18(26-6)19(27-7)11-17(15)13(2)3/h10-14H,8-9H2,1-7H3,(H2,22,23,24,25). The lowest BCUT2D eigenvalue weighted by molar-refractivity contribution is 0.354. The molecular weight excluding hydrogens is 340 g/mol. The first-order chi connectivity index (χ1) is 12.9. The van der Waals surface area contributed by atoms with E-state index in [1.54, 1.807) is 14.2 Å². The normalized spacial score (nSPS) is 11.0. The summed E-state index contributed by atoms with van der Waals surface area (Å²) in [6.07, 6.45) is 2.62. The van der Waals surface area contributed by atoms with Crippen molar-refractivity contribution in [3.63, 3.8) is 0 Å². The molecule has 0 spiro atoms. The van der Waals surface area contributed by atoms with Crippen molar-refractivity contribution < 1.29 is 9.47 Å². The number of aromatic nitrogens is 2. The molecule has 6 nitrogen and oxygen atoms in total. The fraction of sp³-hybridized carbons (Fsp3) is 0.524. The Morgan fingerprint density at radius 2 is 1.67 bits per heavy atom. The van der Waals surface area contributed by atoms with Crippen LogP contribution in [0.3, 0.4) is 0 Å². The van der Waals surface area contributed by atoms with Gasteiger partial charge in [0.2, 0.25) is 5.95 Å². The van der Waals surface area contributed by atoms with Gasteiger partial charge in [-0.2, -0.15) is 4.98 Å². The Hall–Kier alpha value is -2.50. The van der Waals surface area contributed by atoms with E-state index >= 15 is 0 Å². The second-order valence-corrected chi connectivity index (χ2v) is 7.13. The molecule has 148 valence electrons. The average molecular weight is 373 g/mol. The van der Waals surface area contributed by atoms with Crippen LogP contribution in [0, 0.1) is 0 Å². The third-order valence-corrected chi connectivity index (χ3v) is 4.27. The van der Waals surface area contributed by atoms with Gasteiger partial charge in [-0.3, -0.25) is 0 Å². The van der Waals surface area contributed by atoms with Crippen LogP contribution in [0.4, 0.5) is 11.8 Å². The van der Waals surface area contributed by atoms with Crippen molar-refractivity contribution in [2.24, 2.45) is 0 Å². The average Bonchev–Trinajstić information content (AvgIpc) is 2.62. The molecule has 0 saturated carbocycles. The van der Waals surface area contributed by atoms with E-state index in [9.17, 15) is 0 Å². The van der Waals surface area contributed by atoms with Crippen molar-refractivity contribution in [1.82, 2.24) is 9.97 Å². The van der Waals surface area contributed by atoms with Crippen molar-refractivity contribution in [1.29, 1.82) is 0 Å². The first-order valence-corrected chi connectivity index (χ1v) is 9.50. The number of methoxy groups -OCH3 is 2. The smallest absolute Gasteiger partial charge is 0.224 e. The molecule has 0 aliphatic heterocycles. The highest BCUT2D eigenvalue weighted by molar-refractivity contribution is 5.53. The van der Waals surface area contributed by atoms with E-state index in [4.69, 9.17) is 9.47 Å². The van der Waals surface area contributed by atoms with Crippen LogP contribution < -0.4 is 20.1 Å². The van der Waals surface area contributed by atoms with Crippen molar-refractivity contribution in [2.75, 3.05) is 31.4 Å². The molecule has 0 fully saturated rings. The highest BCUT2D eigenvalue weighted by Gasteiger charge is 2.16. The third kappa shape index (κ3) is 5.25. The summed E-state index contributed by atoms with van der Waals surface area (Å²) in [6.45, 7) is 11.4. The van der Waals surface area contributed by atoms with E-state index in [-0.39, 0.29) is 6.04 Å². The molecule has 2 rings (SSSR count). The molecule has 27 heavy (non-hydrogen) atoms. The Bertz CT molecular complexity index is 760. The highest BCUT2D eigenvalue weighted by Crippen LogP contribution is 2.35. The van der Waals surface area contributed by atoms with Gasteiger partial charge in [0.05, 0.1) is 14.2 Å². The van der Waals surface area contributed by atoms with Gasteiger partial charge in [-0.05, 0) is 49.9 Å². The number of hydrogen-bond donors (Lipinski definition) is 2. The van der Waals surface area contributed by atoms with Crippen molar-refractivity contribution in [3.05, 3.63) is 35.0 Å². The highest BCUT2D eigenvalue weighted by atomic mass is 16.5. The first kappa shape index (κ1) is 20.8. The maximum atomic E-state index is 5.51. The van der Waals surface area contributed by atoms with Crippen LogP contribution in [0.5, 0.6) is 11.5 Å². The zero-order valence-electron chi connectivity index (χ0n) is 17.5. The Labute approximate surface area is 162 Å². The fourth-order valence-electron chi connectivity index (χ4n) is 3.02. The van der Waals surface area contributed by atoms with Crippen molar-refractivity contribution in [2.45, 2.75) is 53.0 Å². The predicted molar refractivity (Wildman–Crippen MR) is 111 cm³/mol. The summed E-state index contributed by atoms with van der Waals surface area (Å²) < 4.78 is 11.0. The van der Waals surface area contributed by atoms with Crippen LogP contribution in [0.15, 0.2) is 18.3 Å². The molecular formula is C21H32N4O2. The van der Waals surface area contributed by atoms with Crippen LogP contribution in [-0.4, -0.2) is 36.8 Å². The van der Waals surface area contributed by atoms with Gasteiger partial charge in [-0.1, -0.05) is 13.8 Å². The van der Waals surface area contributed by atoms with Gasteiger partial charge in [0.1, 0.15) is 5.82 Å². The lowest BCUT2D eigenvalue weighted by Crippen LogP contribution is -2.15. The fourth-order valence-corrected chi connectivity index (χ4v) is 3.02. The SMILES string of the molecule is CCNc1nc(NC(C)C)ncc1Cc1cc(OC)c(OC)cc1C(C)C. The Morgan fingerprint density at radius 3 is 2.22 bits per heavy atom. The number of ether oxygens (including phenoxy) is 2. The topological polar surface area (TPSA) is 68.3 Å². The summed E-state index contributed by atoms with van der Waals surface area (Å²) in [5, 5.41) is 6.62. The summed E-state index contributed by atoms with van der Waals surface area (Å²) in [4.78, 5) is 9.15. The minimum absolute atomic E-state index is 0.281. The quantitative estimate of drug-likeness (QED) is 0.677. The number of nitrogens with one attached hydrogen (secondary N) is 2. The van der Waals surface area contributed by atoms with Gasteiger partial charge in [0.25, 0.3) is 0 Å². The van der Waals surface area contributed by atoms with Crippen LogP contribution in [0.2, 0.25) is 0 Å². The van der Waals surface area contributed by atoms with Gasteiger partial charge in [0.15, 0.2) is 11.5 Å². The molecule has 0 atom stereocenters. The van der Waals surface area contributed by atoms with Crippen molar-refractivity contribution >= 4 is 11.8 Å². The number of hydrogen-bond acceptors (Lipinski definition) is 6. The third-order valence-electron chi connectivity index (χ3n) is 4.27. The molecule has 0 bridgehead atoms. The molecule has 2 aromatic rings. The molecule has 0 radical (unpaired) electrons. The second-order valence-electron chi connectivity index (χ2n) is 7.13. The minimum atomic E-state index is 0.281. The van der Waals surface area contributed by atoms with Gasteiger partial charge in [-0.25, -0.2) is 4.98 Å². The van der Waals surface area contributed by atoms with Crippen LogP contribution in [-0.2, 0) is 6.42 Å². The van der Waals surface area contributed by atoms with E-state index in [2.05, 4.69) is 67.4 Å². The molecule has 2 N–H and O–H groups in total. The summed E-state index contributed by atoms with van der Waals surface area (Å²) >= 11 is 0. The Kier molecular flexibility index (Phi) is 7.28. The van der Waals surface area contributed by atoms with Crippen LogP contribution >= 0.6 is 0 Å². The number of nitrogens with zero attached hydrogens (tertiary/aromatic N) is 2. The maximum Gasteiger partial charge on any atom is 0.224 e. The molecule has 1 heterocycles. The first-order valence-electron chi connectivity index (χ1n) is 9.50. The van der Waals surface area contributed by atoms with Crippen molar-refractivity contribution in [3.8, 4) is 11.5 Å². The molecule has 0 unspecified atom stereocenters. The van der Waals surface area contributed by atoms with Crippen LogP contribution in [0.1, 0.15) is 57.2 Å². The van der Waals surface area contributed by atoms with E-state index in [0.717, 1.165) is 35.8 Å². The summed E-state index contributed by atoms with van der Waals surface area (Å²) in [5.74, 6) is 3.36. The lowest BCUT2D eigenvalue weighted by Gasteiger charge is -2.19. The van der Waals surface area contributed by atoms with Crippen LogP contribution in [0.25, 0.3) is 0 Å². The molecule has 0 saturated heterocycles. The largest absolute Gasteiger partial charge is 0.493 e. The number of anilines is 2. The zero-order chi connectivity index (χ0) is 20.0. The molecule has 0 aliphatic rings. The monoisotopic (exact) mass is 372 g/mol. The van der Waals surface area contributed by atoms with Gasteiger partial charge < -0.3 is 20.1 Å². The lowest BCUT2D eigenvalue weighted by atomic mass is 9.92. The molecule has 1 aromatic carbocycles. The molecule has 6 heteroatoms. The number of rotatable bonds is 9. The van der Waals surface area contributed by atoms with E-state index in [1.807, 2.05) is 6.20 Å². The van der Waals surface area contributed by atoms with Gasteiger partial charge >= 0.3 is 0 Å². The zero-order valence-corrected chi connectivity index (χ0v) is 17.5. The molecule has 0 amide bonds. The second kappa shape index (κ2) is 9.44. The van der Waals surface area contributed by atoms with Gasteiger partial charge in [-0.15, -0.1) is 0 Å². The Balaban J connectivity index is 2.45. The van der Waals surface area contributed by atoms with E-state index in [0.29, 0.717) is 11.9 Å².